The van der Waals surface area contributed by atoms with Crippen molar-refractivity contribution >= 4 is 6.21 Å². The maximum atomic E-state index is 12.0. The van der Waals surface area contributed by atoms with E-state index in [-0.39, 0.29) is 12.0 Å². The second-order valence-corrected chi connectivity index (χ2v) is 5.37. The summed E-state index contributed by atoms with van der Waals surface area (Å²) >= 11 is 0. The lowest BCUT2D eigenvalue weighted by atomic mass is 9.97. The molecule has 1 rings (SSSR count). The molecule has 1 aliphatic heterocycles. The van der Waals surface area contributed by atoms with Gasteiger partial charge in [-0.3, -0.25) is 4.99 Å². The molecule has 1 unspecified atom stereocenters. The molecule has 0 aliphatic carbocycles. The molecule has 0 saturated carbocycles. The van der Waals surface area contributed by atoms with Crippen molar-refractivity contribution < 1.29 is 13.2 Å². The van der Waals surface area contributed by atoms with Gasteiger partial charge in [0, 0.05) is 44.2 Å². The summed E-state index contributed by atoms with van der Waals surface area (Å²) in [5.74, 6) is 0.0445. The van der Waals surface area contributed by atoms with E-state index < -0.39 is 12.6 Å². The summed E-state index contributed by atoms with van der Waals surface area (Å²) in [5.41, 5.74) is 12.8. The molecule has 0 spiro atoms. The Hall–Kier alpha value is -1.38. The molecule has 5 nitrogen and oxygen atoms in total. The molecule has 126 valence electrons. The number of likely N-dealkylation sites (N-methyl/N-ethyl adjacent to an activating group) is 1. The zero-order chi connectivity index (χ0) is 16.6. The number of halogens is 3. The average molecular weight is 319 g/mol. The van der Waals surface area contributed by atoms with Crippen LogP contribution in [0.4, 0.5) is 13.2 Å². The van der Waals surface area contributed by atoms with E-state index in [0.29, 0.717) is 6.54 Å². The molecule has 1 aliphatic rings. The summed E-state index contributed by atoms with van der Waals surface area (Å²) in [7, 11) is 1.99. The van der Waals surface area contributed by atoms with Crippen molar-refractivity contribution in [2.45, 2.75) is 25.6 Å². The lowest BCUT2D eigenvalue weighted by Crippen LogP contribution is -2.40. The first-order valence-corrected chi connectivity index (χ1v) is 7.17. The highest BCUT2D eigenvalue weighted by Gasteiger charge is 2.25. The van der Waals surface area contributed by atoms with E-state index in [4.69, 9.17) is 5.73 Å². The minimum atomic E-state index is -4.18. The number of nitrogens with two attached hydrogens (primary N) is 1. The van der Waals surface area contributed by atoms with Crippen LogP contribution in [0.25, 0.3) is 0 Å². The Morgan fingerprint density at radius 3 is 2.86 bits per heavy atom. The highest BCUT2D eigenvalue weighted by atomic mass is 19.4. The summed E-state index contributed by atoms with van der Waals surface area (Å²) in [6, 6.07) is 0.0555. The number of rotatable bonds is 8. The quantitative estimate of drug-likeness (QED) is 0.592. The Kier molecular flexibility index (Phi) is 7.57. The van der Waals surface area contributed by atoms with Crippen molar-refractivity contribution in [2.24, 2.45) is 16.6 Å². The van der Waals surface area contributed by atoms with E-state index in [1.807, 2.05) is 20.2 Å². The van der Waals surface area contributed by atoms with Crippen LogP contribution in [0.3, 0.4) is 0 Å². The zero-order valence-corrected chi connectivity index (χ0v) is 12.9. The van der Waals surface area contributed by atoms with Crippen LogP contribution in [0, 0.1) is 5.92 Å². The number of nitrogens with zero attached hydrogens (tertiary/aromatic N) is 2. The van der Waals surface area contributed by atoms with Crippen molar-refractivity contribution in [3.63, 3.8) is 0 Å². The molecule has 0 amide bonds. The number of hydrogen-bond donors (Lipinski definition) is 3. The van der Waals surface area contributed by atoms with Gasteiger partial charge >= 0.3 is 6.18 Å². The average Bonchev–Trinajstić information content (AvgIpc) is 2.85. The van der Waals surface area contributed by atoms with Crippen LogP contribution in [-0.4, -0.2) is 50.0 Å². The summed E-state index contributed by atoms with van der Waals surface area (Å²) in [5, 5.41) is 0. The summed E-state index contributed by atoms with van der Waals surface area (Å²) < 4.78 is 35.9. The first kappa shape index (κ1) is 18.7. The number of hydrogen-bond acceptors (Lipinski definition) is 5. The second-order valence-electron chi connectivity index (χ2n) is 5.37. The van der Waals surface area contributed by atoms with Crippen LogP contribution in [-0.2, 0) is 0 Å². The Balaban J connectivity index is 2.47. The lowest BCUT2D eigenvalue weighted by Gasteiger charge is -2.23. The van der Waals surface area contributed by atoms with Gasteiger partial charge in [0.1, 0.15) is 0 Å². The zero-order valence-electron chi connectivity index (χ0n) is 12.9. The molecular formula is C14H24F3N5. The molecule has 1 heterocycles. The van der Waals surface area contributed by atoms with Crippen molar-refractivity contribution in [1.82, 2.24) is 15.8 Å². The molecule has 8 heteroatoms. The first-order chi connectivity index (χ1) is 10.3. The molecule has 22 heavy (non-hydrogen) atoms. The van der Waals surface area contributed by atoms with Gasteiger partial charge in [-0.2, -0.15) is 13.2 Å². The van der Waals surface area contributed by atoms with Gasteiger partial charge in [-0.15, -0.1) is 0 Å². The third-order valence-corrected chi connectivity index (χ3v) is 3.25. The van der Waals surface area contributed by atoms with Gasteiger partial charge in [-0.25, -0.2) is 5.43 Å². The van der Waals surface area contributed by atoms with Crippen LogP contribution in [0.15, 0.2) is 29.0 Å². The van der Waals surface area contributed by atoms with E-state index >= 15 is 0 Å². The van der Waals surface area contributed by atoms with Gasteiger partial charge < -0.3 is 16.1 Å². The second kappa shape index (κ2) is 8.92. The highest BCUT2D eigenvalue weighted by molar-refractivity contribution is 5.63. The van der Waals surface area contributed by atoms with E-state index in [2.05, 4.69) is 20.7 Å². The molecule has 0 aromatic rings. The predicted octanol–water partition coefficient (Wildman–Crippen LogP) is 1.41. The summed E-state index contributed by atoms with van der Waals surface area (Å²) in [4.78, 5) is 6.05. The van der Waals surface area contributed by atoms with Crippen molar-refractivity contribution in [1.29, 1.82) is 0 Å². The Morgan fingerprint density at radius 2 is 2.23 bits per heavy atom. The van der Waals surface area contributed by atoms with Crippen LogP contribution >= 0.6 is 0 Å². The molecule has 0 aromatic carbocycles. The molecule has 4 N–H and O–H groups in total. The first-order valence-electron chi connectivity index (χ1n) is 7.17. The SMILES string of the molecule is CC(C=N/C=C\CC(F)(F)F)[C@@H]1NNC=C1CN(C)CCN. The number of hydrazine groups is 1. The molecule has 0 radical (unpaired) electrons. The fourth-order valence-electron chi connectivity index (χ4n) is 2.15. The number of alkyl halides is 3. The normalized spacial score (nSPS) is 20.9. The highest BCUT2D eigenvalue weighted by Crippen LogP contribution is 2.19. The van der Waals surface area contributed by atoms with Crippen molar-refractivity contribution in [3.8, 4) is 0 Å². The van der Waals surface area contributed by atoms with Gasteiger partial charge in [0.15, 0.2) is 0 Å². The predicted molar refractivity (Wildman–Crippen MR) is 82.2 cm³/mol. The van der Waals surface area contributed by atoms with E-state index in [1.165, 1.54) is 6.20 Å². The summed E-state index contributed by atoms with van der Waals surface area (Å²) in [6.07, 6.45) is 0.608. The summed E-state index contributed by atoms with van der Waals surface area (Å²) in [6.45, 7) is 4.12. The van der Waals surface area contributed by atoms with Crippen LogP contribution < -0.4 is 16.6 Å². The monoisotopic (exact) mass is 319 g/mol. The molecule has 2 atom stereocenters. The van der Waals surface area contributed by atoms with Gasteiger partial charge in [-0.05, 0) is 12.6 Å². The van der Waals surface area contributed by atoms with Gasteiger partial charge in [0.25, 0.3) is 0 Å². The van der Waals surface area contributed by atoms with E-state index in [0.717, 1.165) is 24.7 Å². The maximum Gasteiger partial charge on any atom is 0.392 e. The number of nitrogens with one attached hydrogen (secondary N) is 2. The van der Waals surface area contributed by atoms with Gasteiger partial charge in [-0.1, -0.05) is 13.0 Å². The molecule has 0 fully saturated rings. The maximum absolute atomic E-state index is 12.0. The fraction of sp³-hybridized carbons (Fsp3) is 0.643. The van der Waals surface area contributed by atoms with Crippen molar-refractivity contribution in [2.75, 3.05) is 26.7 Å². The minimum Gasteiger partial charge on any atom is -0.329 e. The molecule has 0 saturated heterocycles. The lowest BCUT2D eigenvalue weighted by molar-refractivity contribution is -0.125. The van der Waals surface area contributed by atoms with Gasteiger partial charge in [0.2, 0.25) is 0 Å². The standard InChI is InChI=1S/C14H24F3N5/c1-11(8-19-6-3-4-14(15,16)17)13-12(9-20-21-13)10-22(2)7-5-18/h3,6,8-9,11,13,20-21H,4-5,7,10,18H2,1-2H3/b6-3-,19-8?/t11?,13-/m0/s1. The third-order valence-electron chi connectivity index (χ3n) is 3.25. The van der Waals surface area contributed by atoms with Crippen LogP contribution in [0.5, 0.6) is 0 Å². The molecule has 0 bridgehead atoms. The Bertz CT molecular complexity index is 417. The molecular weight excluding hydrogens is 295 g/mol. The largest absolute Gasteiger partial charge is 0.392 e. The number of aliphatic imine (C=N–C) groups is 1. The topological polar surface area (TPSA) is 65.7 Å². The number of allylic oxidation sites excluding steroid dienone is 1. The van der Waals surface area contributed by atoms with Gasteiger partial charge in [0.05, 0.1) is 12.5 Å². The van der Waals surface area contributed by atoms with E-state index in [1.54, 1.807) is 6.21 Å². The Morgan fingerprint density at radius 1 is 1.50 bits per heavy atom. The van der Waals surface area contributed by atoms with Crippen LogP contribution in [0.2, 0.25) is 0 Å². The van der Waals surface area contributed by atoms with Crippen LogP contribution in [0.1, 0.15) is 13.3 Å². The molecule has 0 aromatic heterocycles. The minimum absolute atomic E-state index is 0.0445. The Labute approximate surface area is 129 Å². The smallest absolute Gasteiger partial charge is 0.329 e. The van der Waals surface area contributed by atoms with E-state index in [9.17, 15) is 13.2 Å². The van der Waals surface area contributed by atoms with Crippen molar-refractivity contribution in [3.05, 3.63) is 24.0 Å². The fourth-order valence-corrected chi connectivity index (χ4v) is 2.15. The third kappa shape index (κ3) is 7.06.